The van der Waals surface area contributed by atoms with Gasteiger partial charge in [-0.2, -0.15) is 0 Å². The molecule has 0 spiro atoms. The lowest BCUT2D eigenvalue weighted by molar-refractivity contribution is 0.000608. The lowest BCUT2D eigenvalue weighted by Gasteiger charge is -2.50. The van der Waals surface area contributed by atoms with Gasteiger partial charge >= 0.3 is 0 Å². The van der Waals surface area contributed by atoms with Crippen LogP contribution >= 0.6 is 0 Å². The molecule has 4 heterocycles. The van der Waals surface area contributed by atoms with Crippen molar-refractivity contribution in [3.63, 3.8) is 0 Å². The van der Waals surface area contributed by atoms with E-state index in [-0.39, 0.29) is 0 Å². The average Bonchev–Trinajstić information content (AvgIpc) is 2.32. The van der Waals surface area contributed by atoms with Gasteiger partial charge in [0.1, 0.15) is 0 Å². The van der Waals surface area contributed by atoms with Crippen molar-refractivity contribution < 1.29 is 0 Å². The molecule has 1 atom stereocenters. The normalized spacial score (nSPS) is 44.1. The Kier molecular flexibility index (Phi) is 2.48. The maximum absolute atomic E-state index is 3.44. The van der Waals surface area contributed by atoms with Crippen LogP contribution in [0.3, 0.4) is 0 Å². The van der Waals surface area contributed by atoms with Crippen molar-refractivity contribution in [2.75, 3.05) is 45.8 Å². The van der Waals surface area contributed by atoms with Crippen molar-refractivity contribution in [1.29, 1.82) is 0 Å². The van der Waals surface area contributed by atoms with Crippen LogP contribution in [0, 0.1) is 5.92 Å². The second kappa shape index (κ2) is 3.80. The van der Waals surface area contributed by atoms with Crippen LogP contribution in [-0.4, -0.2) is 61.7 Å². The van der Waals surface area contributed by atoms with E-state index < -0.39 is 0 Å². The topological polar surface area (TPSA) is 18.5 Å². The zero-order valence-corrected chi connectivity index (χ0v) is 8.91. The van der Waals surface area contributed by atoms with Gasteiger partial charge in [0.15, 0.2) is 0 Å². The van der Waals surface area contributed by atoms with Crippen molar-refractivity contribution in [2.45, 2.75) is 18.9 Å². The SMILES string of the molecule is C1CN([C@@H]2CN3CCC2CC3)CCN1. The van der Waals surface area contributed by atoms with Gasteiger partial charge in [-0.05, 0) is 31.8 Å². The van der Waals surface area contributed by atoms with E-state index in [2.05, 4.69) is 15.1 Å². The first-order chi connectivity index (χ1) is 6.93. The van der Waals surface area contributed by atoms with E-state index in [1.54, 1.807) is 0 Å². The number of nitrogens with one attached hydrogen (secondary N) is 1. The summed E-state index contributed by atoms with van der Waals surface area (Å²) in [5.74, 6) is 1.01. The van der Waals surface area contributed by atoms with Gasteiger partial charge in [-0.15, -0.1) is 0 Å². The van der Waals surface area contributed by atoms with Gasteiger partial charge in [-0.25, -0.2) is 0 Å². The Morgan fingerprint density at radius 3 is 2.21 bits per heavy atom. The molecule has 3 heteroatoms. The van der Waals surface area contributed by atoms with Crippen LogP contribution in [0.4, 0.5) is 0 Å². The second-order valence-corrected chi connectivity index (χ2v) is 4.99. The summed E-state index contributed by atoms with van der Waals surface area (Å²) < 4.78 is 0. The van der Waals surface area contributed by atoms with Crippen molar-refractivity contribution in [1.82, 2.24) is 15.1 Å². The first-order valence-corrected chi connectivity index (χ1v) is 6.10. The molecule has 0 aromatic rings. The van der Waals surface area contributed by atoms with Gasteiger partial charge in [-0.3, -0.25) is 4.90 Å². The monoisotopic (exact) mass is 195 g/mol. The lowest BCUT2D eigenvalue weighted by Crippen LogP contribution is -2.60. The Bertz CT molecular complexity index is 193. The average molecular weight is 195 g/mol. The van der Waals surface area contributed by atoms with Gasteiger partial charge in [0.2, 0.25) is 0 Å². The van der Waals surface area contributed by atoms with Crippen LogP contribution in [0.15, 0.2) is 0 Å². The highest BCUT2D eigenvalue weighted by Gasteiger charge is 2.37. The standard InChI is InChI=1S/C11H21N3/c1-5-13-6-2-10(1)11(9-13)14-7-3-12-4-8-14/h10-12H,1-9H2/t11-/m1/s1. The fraction of sp³-hybridized carbons (Fsp3) is 1.00. The van der Waals surface area contributed by atoms with Crippen molar-refractivity contribution in [3.8, 4) is 0 Å². The minimum absolute atomic E-state index is 0.889. The van der Waals surface area contributed by atoms with Gasteiger partial charge in [0, 0.05) is 38.8 Å². The molecule has 2 bridgehead atoms. The minimum atomic E-state index is 0.889. The van der Waals surface area contributed by atoms with Gasteiger partial charge in [0.25, 0.3) is 0 Å². The first kappa shape index (κ1) is 9.13. The highest BCUT2D eigenvalue weighted by atomic mass is 15.3. The summed E-state index contributed by atoms with van der Waals surface area (Å²) in [6, 6.07) is 0.889. The molecular formula is C11H21N3. The maximum Gasteiger partial charge on any atom is 0.0253 e. The molecule has 0 aliphatic carbocycles. The van der Waals surface area contributed by atoms with Crippen LogP contribution in [0.25, 0.3) is 0 Å². The number of hydrogen-bond donors (Lipinski definition) is 1. The summed E-state index contributed by atoms with van der Waals surface area (Å²) in [6.45, 7) is 9.03. The van der Waals surface area contributed by atoms with E-state index in [1.807, 2.05) is 0 Å². The Labute approximate surface area is 86.4 Å². The molecule has 0 aromatic carbocycles. The Morgan fingerprint density at radius 1 is 0.929 bits per heavy atom. The van der Waals surface area contributed by atoms with Crippen molar-refractivity contribution in [3.05, 3.63) is 0 Å². The summed E-state index contributed by atoms with van der Waals surface area (Å²) in [5.41, 5.74) is 0. The first-order valence-electron chi connectivity index (χ1n) is 6.10. The number of piperidine rings is 3. The quantitative estimate of drug-likeness (QED) is 0.635. The zero-order valence-electron chi connectivity index (χ0n) is 8.91. The molecule has 1 N–H and O–H groups in total. The van der Waals surface area contributed by atoms with E-state index in [0.717, 1.165) is 12.0 Å². The van der Waals surface area contributed by atoms with Crippen LogP contribution in [-0.2, 0) is 0 Å². The van der Waals surface area contributed by atoms with Crippen LogP contribution in [0.1, 0.15) is 12.8 Å². The molecule has 0 radical (unpaired) electrons. The summed E-state index contributed by atoms with van der Waals surface area (Å²) >= 11 is 0. The molecule has 0 unspecified atom stereocenters. The maximum atomic E-state index is 3.44. The fourth-order valence-electron chi connectivity index (χ4n) is 3.36. The van der Waals surface area contributed by atoms with Gasteiger partial charge in [0.05, 0.1) is 0 Å². The van der Waals surface area contributed by atoms with E-state index in [4.69, 9.17) is 0 Å². The summed E-state index contributed by atoms with van der Waals surface area (Å²) in [6.07, 6.45) is 2.91. The molecule has 4 rings (SSSR count). The zero-order chi connectivity index (χ0) is 9.38. The predicted molar refractivity (Wildman–Crippen MR) is 57.4 cm³/mol. The summed E-state index contributed by atoms with van der Waals surface area (Å²) in [7, 11) is 0. The van der Waals surface area contributed by atoms with E-state index in [0.29, 0.717) is 0 Å². The molecule has 0 amide bonds. The summed E-state index contributed by atoms with van der Waals surface area (Å²) in [4.78, 5) is 5.39. The highest BCUT2D eigenvalue weighted by molar-refractivity contribution is 4.93. The third-order valence-corrected chi connectivity index (χ3v) is 4.24. The largest absolute Gasteiger partial charge is 0.314 e. The van der Waals surface area contributed by atoms with Crippen molar-refractivity contribution >= 4 is 0 Å². The Morgan fingerprint density at radius 2 is 1.64 bits per heavy atom. The minimum Gasteiger partial charge on any atom is -0.314 e. The van der Waals surface area contributed by atoms with Crippen LogP contribution in [0.2, 0.25) is 0 Å². The predicted octanol–water partition coefficient (Wildman–Crippen LogP) is -0.0142. The number of rotatable bonds is 1. The van der Waals surface area contributed by atoms with Gasteiger partial charge < -0.3 is 10.2 Å². The lowest BCUT2D eigenvalue weighted by atomic mass is 9.83. The molecule has 3 nitrogen and oxygen atoms in total. The Balaban J connectivity index is 1.66. The number of hydrogen-bond acceptors (Lipinski definition) is 3. The molecule has 4 aliphatic heterocycles. The Hall–Kier alpha value is -0.120. The third-order valence-electron chi connectivity index (χ3n) is 4.24. The van der Waals surface area contributed by atoms with E-state index >= 15 is 0 Å². The summed E-state index contributed by atoms with van der Waals surface area (Å²) in [5, 5.41) is 3.44. The molecule has 0 saturated carbocycles. The fourth-order valence-corrected chi connectivity index (χ4v) is 3.36. The number of nitrogens with zero attached hydrogens (tertiary/aromatic N) is 2. The molecule has 0 aromatic heterocycles. The number of piperazine rings is 1. The molecule has 14 heavy (non-hydrogen) atoms. The van der Waals surface area contributed by atoms with Crippen molar-refractivity contribution in [2.24, 2.45) is 5.92 Å². The van der Waals surface area contributed by atoms with E-state index in [1.165, 1.54) is 58.7 Å². The second-order valence-electron chi connectivity index (χ2n) is 4.99. The van der Waals surface area contributed by atoms with E-state index in [9.17, 15) is 0 Å². The number of fused-ring (bicyclic) bond motifs is 3. The van der Waals surface area contributed by atoms with Crippen LogP contribution < -0.4 is 5.32 Å². The smallest absolute Gasteiger partial charge is 0.0253 e. The van der Waals surface area contributed by atoms with Gasteiger partial charge in [-0.1, -0.05) is 0 Å². The van der Waals surface area contributed by atoms with Crippen LogP contribution in [0.5, 0.6) is 0 Å². The third kappa shape index (κ3) is 1.58. The molecular weight excluding hydrogens is 174 g/mol. The molecule has 4 saturated heterocycles. The molecule has 4 aliphatic rings. The molecule has 4 fully saturated rings. The molecule has 80 valence electrons. The highest BCUT2D eigenvalue weighted by Crippen LogP contribution is 2.30.